The van der Waals surface area contributed by atoms with Crippen LogP contribution in [0.5, 0.6) is 0 Å². The molecule has 2 aliphatic rings. The lowest BCUT2D eigenvalue weighted by Gasteiger charge is -2.02. The fraction of sp³-hybridized carbons (Fsp3) is 0.727. The lowest BCUT2D eigenvalue weighted by Crippen LogP contribution is -2.07. The van der Waals surface area contributed by atoms with Gasteiger partial charge in [0, 0.05) is 5.92 Å². The van der Waals surface area contributed by atoms with Gasteiger partial charge in [-0.15, -0.1) is 0 Å². The van der Waals surface area contributed by atoms with Crippen molar-refractivity contribution in [2.24, 2.45) is 11.3 Å². The highest BCUT2D eigenvalue weighted by Crippen LogP contribution is 2.53. The van der Waals surface area contributed by atoms with Crippen LogP contribution in [-0.2, 0) is 4.79 Å². The molecule has 1 atom stereocenters. The van der Waals surface area contributed by atoms with E-state index < -0.39 is 0 Å². The highest BCUT2D eigenvalue weighted by Gasteiger charge is 2.50. The third-order valence-electron chi connectivity index (χ3n) is 3.19. The summed E-state index contributed by atoms with van der Waals surface area (Å²) in [5.74, 6) is 0.791. The smallest absolute Gasteiger partial charge is 0.162 e. The Morgan fingerprint density at radius 3 is 2.67 bits per heavy atom. The highest BCUT2D eigenvalue weighted by atomic mass is 16.1. The Hall–Kier alpha value is -0.590. The van der Waals surface area contributed by atoms with Crippen LogP contribution in [0.4, 0.5) is 0 Å². The summed E-state index contributed by atoms with van der Waals surface area (Å²) in [6.45, 7) is 4.37. The molecule has 1 unspecified atom stereocenters. The fourth-order valence-corrected chi connectivity index (χ4v) is 2.03. The van der Waals surface area contributed by atoms with E-state index in [0.29, 0.717) is 17.1 Å². The molecule has 1 nitrogen and oxygen atoms in total. The molecule has 1 heteroatoms. The molecule has 0 N–H and O–H groups in total. The van der Waals surface area contributed by atoms with E-state index in [4.69, 9.17) is 0 Å². The molecule has 0 radical (unpaired) electrons. The Kier molecular flexibility index (Phi) is 1.64. The summed E-state index contributed by atoms with van der Waals surface area (Å²) in [4.78, 5) is 11.8. The largest absolute Gasteiger partial charge is 0.294 e. The number of Topliss-reactive ketones (excluding diaryl/α,β-unsaturated/α-hetero) is 1. The molecule has 12 heavy (non-hydrogen) atoms. The number of carbonyl (C=O) groups excluding carboxylic acids is 1. The summed E-state index contributed by atoms with van der Waals surface area (Å²) in [5, 5.41) is 0. The topological polar surface area (TPSA) is 17.1 Å². The summed E-state index contributed by atoms with van der Waals surface area (Å²) >= 11 is 0. The Labute approximate surface area is 73.8 Å². The average Bonchev–Trinajstić information content (AvgIpc) is 2.56. The Bertz CT molecular complexity index is 248. The van der Waals surface area contributed by atoms with E-state index in [2.05, 4.69) is 19.9 Å². The summed E-state index contributed by atoms with van der Waals surface area (Å²) in [6.07, 6.45) is 6.58. The van der Waals surface area contributed by atoms with E-state index in [1.54, 1.807) is 0 Å². The van der Waals surface area contributed by atoms with Gasteiger partial charge in [0.2, 0.25) is 0 Å². The van der Waals surface area contributed by atoms with Crippen LogP contribution in [0, 0.1) is 11.3 Å². The molecule has 0 saturated heterocycles. The number of ketones is 1. The van der Waals surface area contributed by atoms with Crippen molar-refractivity contribution in [2.45, 2.75) is 39.5 Å². The first-order valence-electron chi connectivity index (χ1n) is 4.84. The van der Waals surface area contributed by atoms with Crippen molar-refractivity contribution < 1.29 is 4.79 Å². The molecule has 0 bridgehead atoms. The lowest BCUT2D eigenvalue weighted by molar-refractivity contribution is -0.117. The van der Waals surface area contributed by atoms with E-state index in [-0.39, 0.29) is 0 Å². The van der Waals surface area contributed by atoms with Crippen LogP contribution >= 0.6 is 0 Å². The van der Waals surface area contributed by atoms with Crippen molar-refractivity contribution in [3.63, 3.8) is 0 Å². The quantitative estimate of drug-likeness (QED) is 0.613. The lowest BCUT2D eigenvalue weighted by atomic mass is 10.0. The molecule has 0 amide bonds. The fourth-order valence-electron chi connectivity index (χ4n) is 2.03. The number of rotatable bonds is 2. The van der Waals surface area contributed by atoms with E-state index in [1.807, 2.05) is 0 Å². The second-order valence-corrected chi connectivity index (χ2v) is 4.73. The van der Waals surface area contributed by atoms with Gasteiger partial charge >= 0.3 is 0 Å². The normalized spacial score (nSPS) is 31.5. The van der Waals surface area contributed by atoms with Gasteiger partial charge in [-0.25, -0.2) is 0 Å². The van der Waals surface area contributed by atoms with E-state index in [0.717, 1.165) is 24.8 Å². The monoisotopic (exact) mass is 164 g/mol. The van der Waals surface area contributed by atoms with Gasteiger partial charge in [-0.2, -0.15) is 0 Å². The first kappa shape index (κ1) is 8.03. The molecule has 0 aromatic carbocycles. The molecule has 0 aromatic rings. The van der Waals surface area contributed by atoms with Gasteiger partial charge in [0.15, 0.2) is 5.78 Å². The second kappa shape index (κ2) is 2.45. The number of hydrogen-bond donors (Lipinski definition) is 0. The van der Waals surface area contributed by atoms with Crippen LogP contribution in [0.25, 0.3) is 0 Å². The predicted molar refractivity (Wildman–Crippen MR) is 48.8 cm³/mol. The maximum atomic E-state index is 11.8. The van der Waals surface area contributed by atoms with Crippen molar-refractivity contribution in [3.05, 3.63) is 11.6 Å². The summed E-state index contributed by atoms with van der Waals surface area (Å²) in [7, 11) is 0. The Morgan fingerprint density at radius 2 is 2.25 bits per heavy atom. The Morgan fingerprint density at radius 1 is 1.58 bits per heavy atom. The number of allylic oxidation sites excluding steroid dienone is 2. The zero-order valence-electron chi connectivity index (χ0n) is 7.89. The predicted octanol–water partition coefficient (Wildman–Crippen LogP) is 2.71. The molecule has 0 spiro atoms. The summed E-state index contributed by atoms with van der Waals surface area (Å²) < 4.78 is 0. The Balaban J connectivity index is 2.02. The van der Waals surface area contributed by atoms with Crippen LogP contribution in [0.15, 0.2) is 11.6 Å². The molecule has 2 rings (SSSR count). The summed E-state index contributed by atoms with van der Waals surface area (Å²) in [5.41, 5.74) is 1.42. The SMILES string of the molecule is CC1(C)CC1C(=O)C1=CCCC1. The molecule has 0 heterocycles. The van der Waals surface area contributed by atoms with Gasteiger partial charge in [-0.3, -0.25) is 4.79 Å². The van der Waals surface area contributed by atoms with Gasteiger partial charge in [0.05, 0.1) is 0 Å². The summed E-state index contributed by atoms with van der Waals surface area (Å²) in [6, 6.07) is 0. The van der Waals surface area contributed by atoms with Crippen molar-refractivity contribution in [1.29, 1.82) is 0 Å². The molecule has 1 fully saturated rings. The first-order chi connectivity index (χ1) is 5.61. The van der Waals surface area contributed by atoms with Gasteiger partial charge in [0.25, 0.3) is 0 Å². The van der Waals surface area contributed by atoms with Crippen molar-refractivity contribution in [3.8, 4) is 0 Å². The third-order valence-corrected chi connectivity index (χ3v) is 3.19. The molecule has 1 saturated carbocycles. The van der Waals surface area contributed by atoms with Crippen LogP contribution in [0.3, 0.4) is 0 Å². The van der Waals surface area contributed by atoms with Crippen LogP contribution in [0.2, 0.25) is 0 Å². The first-order valence-corrected chi connectivity index (χ1v) is 4.84. The molecule has 0 aromatic heterocycles. The molecule has 0 aliphatic heterocycles. The zero-order valence-corrected chi connectivity index (χ0v) is 7.89. The number of hydrogen-bond acceptors (Lipinski definition) is 1. The average molecular weight is 164 g/mol. The van der Waals surface area contributed by atoms with Crippen LogP contribution in [0.1, 0.15) is 39.5 Å². The van der Waals surface area contributed by atoms with Crippen molar-refractivity contribution in [1.82, 2.24) is 0 Å². The minimum Gasteiger partial charge on any atom is -0.294 e. The number of carbonyl (C=O) groups is 1. The maximum absolute atomic E-state index is 11.8. The minimum absolute atomic E-state index is 0.306. The van der Waals surface area contributed by atoms with Gasteiger partial charge in [-0.05, 0) is 36.7 Å². The molecule has 2 aliphatic carbocycles. The van der Waals surface area contributed by atoms with E-state index >= 15 is 0 Å². The van der Waals surface area contributed by atoms with Crippen molar-refractivity contribution in [2.75, 3.05) is 0 Å². The maximum Gasteiger partial charge on any atom is 0.162 e. The molecular weight excluding hydrogens is 148 g/mol. The molecular formula is C11H16O. The standard InChI is InChI=1S/C11H16O/c1-11(2)7-9(11)10(12)8-5-3-4-6-8/h5,9H,3-4,6-7H2,1-2H3. The zero-order chi connectivity index (χ0) is 8.77. The van der Waals surface area contributed by atoms with Crippen molar-refractivity contribution >= 4 is 5.78 Å². The van der Waals surface area contributed by atoms with Crippen LogP contribution in [-0.4, -0.2) is 5.78 Å². The van der Waals surface area contributed by atoms with E-state index in [9.17, 15) is 4.79 Å². The van der Waals surface area contributed by atoms with Crippen LogP contribution < -0.4 is 0 Å². The third kappa shape index (κ3) is 1.21. The second-order valence-electron chi connectivity index (χ2n) is 4.73. The van der Waals surface area contributed by atoms with Gasteiger partial charge < -0.3 is 0 Å². The highest BCUT2D eigenvalue weighted by molar-refractivity contribution is 5.99. The van der Waals surface area contributed by atoms with Gasteiger partial charge in [-0.1, -0.05) is 19.9 Å². The van der Waals surface area contributed by atoms with Gasteiger partial charge in [0.1, 0.15) is 0 Å². The van der Waals surface area contributed by atoms with E-state index in [1.165, 1.54) is 6.42 Å². The minimum atomic E-state index is 0.306. The molecule has 66 valence electrons.